The predicted molar refractivity (Wildman–Crippen MR) is 80.4 cm³/mol. The smallest absolute Gasteiger partial charge is 0.416 e. The molecule has 0 spiro atoms. The minimum absolute atomic E-state index is 0.0580. The van der Waals surface area contributed by atoms with E-state index in [4.69, 9.17) is 9.47 Å². The maximum Gasteiger partial charge on any atom is 0.416 e. The molecule has 0 aromatic heterocycles. The lowest BCUT2D eigenvalue weighted by Crippen LogP contribution is -2.39. The van der Waals surface area contributed by atoms with Gasteiger partial charge in [-0.15, -0.1) is 0 Å². The van der Waals surface area contributed by atoms with E-state index in [0.717, 1.165) is 44.5 Å². The van der Waals surface area contributed by atoms with Crippen LogP contribution in [0.1, 0.15) is 24.8 Å². The first-order chi connectivity index (χ1) is 11.0. The molecule has 0 amide bonds. The molecule has 3 nitrogen and oxygen atoms in total. The Balaban J connectivity index is 1.77. The highest BCUT2D eigenvalue weighted by Gasteiger charge is 2.35. The first kappa shape index (κ1) is 16.6. The second kappa shape index (κ2) is 7.09. The van der Waals surface area contributed by atoms with Crippen molar-refractivity contribution >= 4 is 0 Å². The van der Waals surface area contributed by atoms with Gasteiger partial charge in [0.2, 0.25) is 0 Å². The monoisotopic (exact) mass is 329 g/mol. The van der Waals surface area contributed by atoms with E-state index < -0.39 is 11.7 Å². The summed E-state index contributed by atoms with van der Waals surface area (Å²) in [6.45, 7) is 3.21. The third kappa shape index (κ3) is 4.18. The molecule has 23 heavy (non-hydrogen) atoms. The van der Waals surface area contributed by atoms with E-state index in [9.17, 15) is 13.2 Å². The van der Waals surface area contributed by atoms with Crippen LogP contribution in [0.25, 0.3) is 0 Å². The summed E-state index contributed by atoms with van der Waals surface area (Å²) in [6.07, 6.45) is -1.60. The van der Waals surface area contributed by atoms with Gasteiger partial charge in [0.05, 0.1) is 5.56 Å². The van der Waals surface area contributed by atoms with Crippen LogP contribution in [0.15, 0.2) is 24.3 Å². The van der Waals surface area contributed by atoms with Crippen molar-refractivity contribution < 1.29 is 22.6 Å². The molecule has 2 saturated heterocycles. The molecule has 0 saturated carbocycles. The SMILES string of the molecule is FC(F)(F)c1cccc(O[C@H](C2CCOCC2)C2CCNC2)c1. The van der Waals surface area contributed by atoms with E-state index in [1.54, 1.807) is 6.07 Å². The van der Waals surface area contributed by atoms with Gasteiger partial charge in [-0.05, 0) is 44.0 Å². The highest BCUT2D eigenvalue weighted by molar-refractivity contribution is 5.30. The molecule has 1 unspecified atom stereocenters. The van der Waals surface area contributed by atoms with E-state index in [1.807, 2.05) is 0 Å². The molecule has 1 aromatic rings. The summed E-state index contributed by atoms with van der Waals surface area (Å²) in [4.78, 5) is 0. The second-order valence-corrected chi connectivity index (χ2v) is 6.31. The number of rotatable bonds is 4. The first-order valence-electron chi connectivity index (χ1n) is 8.16. The van der Waals surface area contributed by atoms with Crippen LogP contribution < -0.4 is 10.1 Å². The quantitative estimate of drug-likeness (QED) is 0.917. The zero-order valence-electron chi connectivity index (χ0n) is 12.9. The summed E-state index contributed by atoms with van der Waals surface area (Å²) in [5, 5.41) is 3.32. The van der Waals surface area contributed by atoms with Crippen molar-refractivity contribution in [3.63, 3.8) is 0 Å². The maximum absolute atomic E-state index is 12.9. The van der Waals surface area contributed by atoms with Gasteiger partial charge in [-0.3, -0.25) is 0 Å². The highest BCUT2D eigenvalue weighted by Crippen LogP contribution is 2.34. The molecule has 1 N–H and O–H groups in total. The van der Waals surface area contributed by atoms with Crippen LogP contribution >= 0.6 is 0 Å². The number of halogens is 3. The van der Waals surface area contributed by atoms with E-state index >= 15 is 0 Å². The molecule has 0 bridgehead atoms. The molecule has 0 aliphatic carbocycles. The van der Waals surface area contributed by atoms with E-state index in [1.165, 1.54) is 6.07 Å². The van der Waals surface area contributed by atoms with Crippen LogP contribution in [0.4, 0.5) is 13.2 Å². The van der Waals surface area contributed by atoms with Crippen molar-refractivity contribution in [2.75, 3.05) is 26.3 Å². The summed E-state index contributed by atoms with van der Waals surface area (Å²) >= 11 is 0. The molecule has 2 heterocycles. The van der Waals surface area contributed by atoms with Crippen molar-refractivity contribution in [2.45, 2.75) is 31.5 Å². The number of alkyl halides is 3. The summed E-state index contributed by atoms with van der Waals surface area (Å²) in [7, 11) is 0. The summed E-state index contributed by atoms with van der Waals surface area (Å²) in [5.41, 5.74) is -0.662. The molecular formula is C17H22F3NO2. The van der Waals surface area contributed by atoms with Gasteiger partial charge >= 0.3 is 6.18 Å². The fourth-order valence-electron chi connectivity index (χ4n) is 3.48. The summed E-state index contributed by atoms with van der Waals surface area (Å²) in [6, 6.07) is 5.21. The van der Waals surface area contributed by atoms with Crippen LogP contribution in [-0.4, -0.2) is 32.4 Å². The Labute approximate surface area is 134 Å². The average molecular weight is 329 g/mol. The fraction of sp³-hybridized carbons (Fsp3) is 0.647. The molecule has 2 fully saturated rings. The summed E-state index contributed by atoms with van der Waals surface area (Å²) in [5.74, 6) is 0.985. The van der Waals surface area contributed by atoms with Crippen molar-refractivity contribution in [3.05, 3.63) is 29.8 Å². The van der Waals surface area contributed by atoms with Crippen LogP contribution in [0.3, 0.4) is 0 Å². The Morgan fingerprint density at radius 2 is 1.91 bits per heavy atom. The van der Waals surface area contributed by atoms with Gasteiger partial charge in [-0.25, -0.2) is 0 Å². The topological polar surface area (TPSA) is 30.5 Å². The largest absolute Gasteiger partial charge is 0.490 e. The van der Waals surface area contributed by atoms with E-state index in [-0.39, 0.29) is 6.10 Å². The second-order valence-electron chi connectivity index (χ2n) is 6.31. The van der Waals surface area contributed by atoms with Gasteiger partial charge in [-0.2, -0.15) is 13.2 Å². The average Bonchev–Trinajstić information content (AvgIpc) is 3.07. The highest BCUT2D eigenvalue weighted by atomic mass is 19.4. The zero-order chi connectivity index (χ0) is 16.3. The molecule has 2 aliphatic heterocycles. The number of nitrogens with one attached hydrogen (secondary N) is 1. The standard InChI is InChI=1S/C17H22F3NO2/c18-17(19,20)14-2-1-3-15(10-14)23-16(13-4-7-21-11-13)12-5-8-22-9-6-12/h1-3,10,12-13,16,21H,4-9,11H2/t13?,16-/m1/s1. The Kier molecular flexibility index (Phi) is 5.11. The number of hydrogen-bond acceptors (Lipinski definition) is 3. The van der Waals surface area contributed by atoms with Crippen molar-refractivity contribution in [2.24, 2.45) is 11.8 Å². The number of benzene rings is 1. The Bertz CT molecular complexity index is 509. The molecule has 128 valence electrons. The normalized spacial score (nSPS) is 24.6. The van der Waals surface area contributed by atoms with Gasteiger partial charge in [0, 0.05) is 31.6 Å². The molecule has 0 radical (unpaired) electrons. The molecule has 1 aromatic carbocycles. The van der Waals surface area contributed by atoms with E-state index in [2.05, 4.69) is 5.32 Å². The van der Waals surface area contributed by atoms with Gasteiger partial charge < -0.3 is 14.8 Å². The van der Waals surface area contributed by atoms with Crippen LogP contribution in [0.5, 0.6) is 5.75 Å². The van der Waals surface area contributed by atoms with Gasteiger partial charge in [0.1, 0.15) is 11.9 Å². The predicted octanol–water partition coefficient (Wildman–Crippen LogP) is 3.49. The maximum atomic E-state index is 12.9. The lowest BCUT2D eigenvalue weighted by Gasteiger charge is -2.34. The van der Waals surface area contributed by atoms with Crippen LogP contribution in [-0.2, 0) is 10.9 Å². The number of hydrogen-bond donors (Lipinski definition) is 1. The van der Waals surface area contributed by atoms with Crippen LogP contribution in [0, 0.1) is 11.8 Å². The number of ether oxygens (including phenoxy) is 2. The minimum Gasteiger partial charge on any atom is -0.490 e. The summed E-state index contributed by atoms with van der Waals surface area (Å²) < 4.78 is 50.1. The molecule has 6 heteroatoms. The third-order valence-corrected chi connectivity index (χ3v) is 4.73. The first-order valence-corrected chi connectivity index (χ1v) is 8.16. The molecule has 3 rings (SSSR count). The Hall–Kier alpha value is -1.27. The Morgan fingerprint density at radius 1 is 1.13 bits per heavy atom. The van der Waals surface area contributed by atoms with Crippen molar-refractivity contribution in [1.82, 2.24) is 5.32 Å². The lowest BCUT2D eigenvalue weighted by molar-refractivity contribution is -0.137. The Morgan fingerprint density at radius 3 is 2.57 bits per heavy atom. The third-order valence-electron chi connectivity index (χ3n) is 4.73. The molecule has 2 atom stereocenters. The molecule has 2 aliphatic rings. The van der Waals surface area contributed by atoms with Crippen LogP contribution in [0.2, 0.25) is 0 Å². The van der Waals surface area contributed by atoms with Gasteiger partial charge in [0.15, 0.2) is 0 Å². The van der Waals surface area contributed by atoms with Crippen molar-refractivity contribution in [1.29, 1.82) is 0 Å². The lowest BCUT2D eigenvalue weighted by atomic mass is 9.85. The van der Waals surface area contributed by atoms with Gasteiger partial charge in [-0.1, -0.05) is 6.07 Å². The van der Waals surface area contributed by atoms with E-state index in [0.29, 0.717) is 30.8 Å². The minimum atomic E-state index is -4.34. The van der Waals surface area contributed by atoms with Gasteiger partial charge in [0.25, 0.3) is 0 Å². The zero-order valence-corrected chi connectivity index (χ0v) is 12.9. The molecular weight excluding hydrogens is 307 g/mol. The van der Waals surface area contributed by atoms with Crippen molar-refractivity contribution in [3.8, 4) is 5.75 Å². The fourth-order valence-corrected chi connectivity index (χ4v) is 3.48.